The van der Waals surface area contributed by atoms with E-state index in [1.165, 1.54) is 24.5 Å². The highest BCUT2D eigenvalue weighted by molar-refractivity contribution is 5.83. The average molecular weight is 222 g/mol. The molecule has 0 saturated carbocycles. The number of hydrogen-bond donors (Lipinski definition) is 0. The molecule has 0 amide bonds. The van der Waals surface area contributed by atoms with E-state index in [4.69, 9.17) is 0 Å². The lowest BCUT2D eigenvalue weighted by Gasteiger charge is -2.42. The zero-order chi connectivity index (χ0) is 11.5. The molecule has 0 spiro atoms. The molecule has 0 fully saturated rings. The van der Waals surface area contributed by atoms with Crippen molar-refractivity contribution in [1.29, 1.82) is 0 Å². The van der Waals surface area contributed by atoms with Gasteiger partial charge in [0.25, 0.3) is 0 Å². The van der Waals surface area contributed by atoms with E-state index < -0.39 is 0 Å². The third-order valence-electron chi connectivity index (χ3n) is 3.53. The second-order valence-corrected chi connectivity index (χ2v) is 4.58. The van der Waals surface area contributed by atoms with Crippen LogP contribution in [0.3, 0.4) is 0 Å². The first-order valence-corrected chi connectivity index (χ1v) is 6.25. The second-order valence-electron chi connectivity index (χ2n) is 4.58. The molecule has 0 N–H and O–H groups in total. The number of amidine groups is 2. The lowest BCUT2D eigenvalue weighted by molar-refractivity contribution is 0.162. The fourth-order valence-corrected chi connectivity index (χ4v) is 2.55. The van der Waals surface area contributed by atoms with Crippen molar-refractivity contribution < 1.29 is 0 Å². The molecule has 2 aliphatic rings. The van der Waals surface area contributed by atoms with Crippen LogP contribution in [0.25, 0.3) is 0 Å². The van der Waals surface area contributed by atoms with Crippen LogP contribution in [0.15, 0.2) is 9.98 Å². The minimum absolute atomic E-state index is 0.396. The Balaban J connectivity index is 2.08. The molecule has 0 unspecified atom stereocenters. The van der Waals surface area contributed by atoms with Gasteiger partial charge in [0.2, 0.25) is 0 Å². The maximum absolute atomic E-state index is 4.53. The van der Waals surface area contributed by atoms with Gasteiger partial charge in [0.15, 0.2) is 0 Å². The van der Waals surface area contributed by atoms with Crippen molar-refractivity contribution in [3.05, 3.63) is 0 Å². The van der Waals surface area contributed by atoms with Crippen LogP contribution >= 0.6 is 0 Å². The third kappa shape index (κ3) is 2.20. The van der Waals surface area contributed by atoms with Gasteiger partial charge in [-0.3, -0.25) is 9.98 Å². The van der Waals surface area contributed by atoms with Gasteiger partial charge in [0.05, 0.1) is 11.7 Å². The summed E-state index contributed by atoms with van der Waals surface area (Å²) in [5.74, 6) is 2.36. The van der Waals surface area contributed by atoms with E-state index >= 15 is 0 Å². The van der Waals surface area contributed by atoms with E-state index in [-0.39, 0.29) is 0 Å². The predicted octanol–water partition coefficient (Wildman–Crippen LogP) is 1.58. The maximum atomic E-state index is 4.53. The quantitative estimate of drug-likeness (QED) is 0.710. The Morgan fingerprint density at radius 3 is 1.75 bits per heavy atom. The minimum atomic E-state index is 0.396. The molecule has 0 atom stereocenters. The highest BCUT2D eigenvalue weighted by Crippen LogP contribution is 2.15. The number of hydrogen-bond acceptors (Lipinski definition) is 4. The average Bonchev–Trinajstić information content (AvgIpc) is 2.29. The van der Waals surface area contributed by atoms with Crippen LogP contribution in [0.5, 0.6) is 0 Å². The molecular weight excluding hydrogens is 200 g/mol. The molecule has 0 bridgehead atoms. The van der Waals surface area contributed by atoms with E-state index in [0.717, 1.165) is 26.2 Å². The van der Waals surface area contributed by atoms with Gasteiger partial charge in [-0.05, 0) is 33.6 Å². The molecule has 0 radical (unpaired) electrons. The molecule has 16 heavy (non-hydrogen) atoms. The Bertz CT molecular complexity index is 278. The van der Waals surface area contributed by atoms with Gasteiger partial charge in [-0.25, -0.2) is 0 Å². The Morgan fingerprint density at radius 2 is 1.38 bits per heavy atom. The van der Waals surface area contributed by atoms with Crippen molar-refractivity contribution in [3.63, 3.8) is 0 Å². The van der Waals surface area contributed by atoms with Gasteiger partial charge in [0, 0.05) is 26.2 Å². The molecule has 4 heteroatoms. The number of rotatable bonds is 2. The molecule has 2 aliphatic heterocycles. The van der Waals surface area contributed by atoms with Crippen LogP contribution in [0.1, 0.15) is 33.6 Å². The molecule has 2 rings (SSSR count). The topological polar surface area (TPSA) is 31.2 Å². The molecule has 4 nitrogen and oxygen atoms in total. The normalized spacial score (nSPS) is 22.2. The van der Waals surface area contributed by atoms with Crippen LogP contribution in [-0.4, -0.2) is 53.8 Å². The van der Waals surface area contributed by atoms with E-state index in [9.17, 15) is 0 Å². The summed E-state index contributed by atoms with van der Waals surface area (Å²) in [6.45, 7) is 10.7. The van der Waals surface area contributed by atoms with E-state index in [1.54, 1.807) is 0 Å². The van der Waals surface area contributed by atoms with Gasteiger partial charge in [0.1, 0.15) is 6.17 Å². The molecule has 0 saturated heterocycles. The van der Waals surface area contributed by atoms with Gasteiger partial charge >= 0.3 is 0 Å². The molecule has 0 aromatic carbocycles. The maximum Gasteiger partial charge on any atom is 0.101 e. The van der Waals surface area contributed by atoms with E-state index in [0.29, 0.717) is 6.17 Å². The summed E-state index contributed by atoms with van der Waals surface area (Å²) in [4.78, 5) is 13.8. The molecule has 90 valence electrons. The summed E-state index contributed by atoms with van der Waals surface area (Å²) in [5, 5.41) is 0. The zero-order valence-electron chi connectivity index (χ0n) is 10.6. The van der Waals surface area contributed by atoms with Crippen LogP contribution < -0.4 is 0 Å². The van der Waals surface area contributed by atoms with Gasteiger partial charge in [-0.2, -0.15) is 0 Å². The summed E-state index contributed by atoms with van der Waals surface area (Å²) in [6.07, 6.45) is 2.74. The Morgan fingerprint density at radius 1 is 0.938 bits per heavy atom. The van der Waals surface area contributed by atoms with Crippen molar-refractivity contribution in [2.45, 2.75) is 39.8 Å². The lowest BCUT2D eigenvalue weighted by atomic mass is 10.2. The van der Waals surface area contributed by atoms with E-state index in [2.05, 4.69) is 40.6 Å². The first kappa shape index (κ1) is 11.4. The molecule has 0 aromatic rings. The Kier molecular flexibility index (Phi) is 3.46. The predicted molar refractivity (Wildman–Crippen MR) is 68.1 cm³/mol. The lowest BCUT2D eigenvalue weighted by Crippen LogP contribution is -2.53. The smallest absolute Gasteiger partial charge is 0.101 e. The van der Waals surface area contributed by atoms with Crippen LogP contribution in [0, 0.1) is 0 Å². The standard InChI is InChI=1S/C12H22N4/c1-10-13-6-4-8-15(10)12(3)16-9-5-7-14-11(16)2/h12H,4-9H2,1-3H3. The van der Waals surface area contributed by atoms with Crippen molar-refractivity contribution in [2.75, 3.05) is 26.2 Å². The zero-order valence-corrected chi connectivity index (χ0v) is 10.6. The van der Waals surface area contributed by atoms with E-state index in [1.807, 2.05) is 0 Å². The minimum Gasteiger partial charge on any atom is -0.340 e. The number of nitrogens with zero attached hydrogens (tertiary/aromatic N) is 4. The monoisotopic (exact) mass is 222 g/mol. The van der Waals surface area contributed by atoms with Crippen LogP contribution in [-0.2, 0) is 0 Å². The van der Waals surface area contributed by atoms with Gasteiger partial charge < -0.3 is 9.80 Å². The summed E-state index contributed by atoms with van der Waals surface area (Å²) < 4.78 is 0. The molecular formula is C12H22N4. The van der Waals surface area contributed by atoms with Crippen molar-refractivity contribution in [1.82, 2.24) is 9.80 Å². The highest BCUT2D eigenvalue weighted by atomic mass is 15.4. The number of aliphatic imine (C=N–C) groups is 2. The largest absolute Gasteiger partial charge is 0.340 e. The molecule has 0 aliphatic carbocycles. The van der Waals surface area contributed by atoms with Crippen molar-refractivity contribution in [3.8, 4) is 0 Å². The fourth-order valence-electron chi connectivity index (χ4n) is 2.55. The summed E-state index contributed by atoms with van der Waals surface area (Å²) in [7, 11) is 0. The second kappa shape index (κ2) is 4.85. The molecule has 0 aromatic heterocycles. The summed E-state index contributed by atoms with van der Waals surface area (Å²) in [5.41, 5.74) is 0. The van der Waals surface area contributed by atoms with Gasteiger partial charge in [-0.1, -0.05) is 0 Å². The summed E-state index contributed by atoms with van der Waals surface area (Å²) in [6, 6.07) is 0. The fraction of sp³-hybridized carbons (Fsp3) is 0.833. The summed E-state index contributed by atoms with van der Waals surface area (Å²) >= 11 is 0. The third-order valence-corrected chi connectivity index (χ3v) is 3.53. The highest BCUT2D eigenvalue weighted by Gasteiger charge is 2.25. The van der Waals surface area contributed by atoms with Crippen LogP contribution in [0.4, 0.5) is 0 Å². The SMILES string of the molecule is CC1=NCCCN1C(C)N1CCCN=C1C. The molecule has 2 heterocycles. The first-order valence-electron chi connectivity index (χ1n) is 6.25. The van der Waals surface area contributed by atoms with Crippen LogP contribution in [0.2, 0.25) is 0 Å². The first-order chi connectivity index (χ1) is 7.70. The van der Waals surface area contributed by atoms with Crippen molar-refractivity contribution in [2.24, 2.45) is 9.98 Å². The van der Waals surface area contributed by atoms with Crippen molar-refractivity contribution >= 4 is 11.7 Å². The Hall–Kier alpha value is -1.06. The van der Waals surface area contributed by atoms with Gasteiger partial charge in [-0.15, -0.1) is 0 Å². The Labute approximate surface area is 98.1 Å².